The predicted octanol–water partition coefficient (Wildman–Crippen LogP) is 7.44. The van der Waals surface area contributed by atoms with E-state index >= 15 is 0 Å². The highest BCUT2D eigenvalue weighted by Gasteiger charge is 2.31. The van der Waals surface area contributed by atoms with Crippen molar-refractivity contribution in [2.45, 2.75) is 77.8 Å². The number of rotatable bonds is 6. The van der Waals surface area contributed by atoms with E-state index < -0.39 is 11.7 Å². The monoisotopic (exact) mass is 340 g/mol. The Hall–Kier alpha value is -0.990. The number of hydrogen-bond donors (Lipinski definition) is 0. The summed E-state index contributed by atoms with van der Waals surface area (Å²) in [5.41, 5.74) is 0.538. The van der Waals surface area contributed by atoms with Crippen molar-refractivity contribution in [2.75, 3.05) is 0 Å². The Morgan fingerprint density at radius 1 is 0.958 bits per heavy atom. The first kappa shape index (κ1) is 19.3. The lowest BCUT2D eigenvalue weighted by atomic mass is 9.71. The molecule has 0 spiro atoms. The molecule has 0 radical (unpaired) electrons. The first-order chi connectivity index (χ1) is 11.3. The standard InChI is InChI=1S/C21H31F3/c1-4-16(6-5-15(2)3)17-7-9-18(10-8-17)19-11-13-20(14-12-19)21(22,23)24/h11-18H,4-10H2,1-3H3. The number of halogens is 3. The number of alkyl halides is 3. The van der Waals surface area contributed by atoms with Gasteiger partial charge in [0.25, 0.3) is 0 Å². The van der Waals surface area contributed by atoms with Crippen LogP contribution in [0.15, 0.2) is 24.3 Å². The summed E-state index contributed by atoms with van der Waals surface area (Å²) in [5, 5.41) is 0. The summed E-state index contributed by atoms with van der Waals surface area (Å²) in [6.07, 6.45) is 4.33. The zero-order valence-corrected chi connectivity index (χ0v) is 15.2. The van der Waals surface area contributed by atoms with Crippen molar-refractivity contribution >= 4 is 0 Å². The van der Waals surface area contributed by atoms with Gasteiger partial charge in [-0.3, -0.25) is 0 Å². The lowest BCUT2D eigenvalue weighted by molar-refractivity contribution is -0.137. The minimum Gasteiger partial charge on any atom is -0.166 e. The van der Waals surface area contributed by atoms with Crippen molar-refractivity contribution in [3.8, 4) is 0 Å². The highest BCUT2D eigenvalue weighted by molar-refractivity contribution is 5.27. The second kappa shape index (κ2) is 8.40. The Labute approximate surface area is 144 Å². The second-order valence-electron chi connectivity index (χ2n) is 7.87. The van der Waals surface area contributed by atoms with Gasteiger partial charge in [0.05, 0.1) is 5.56 Å². The van der Waals surface area contributed by atoms with Crippen molar-refractivity contribution in [2.24, 2.45) is 17.8 Å². The van der Waals surface area contributed by atoms with Crippen LogP contribution >= 0.6 is 0 Å². The number of hydrogen-bond acceptors (Lipinski definition) is 0. The lowest BCUT2D eigenvalue weighted by Crippen LogP contribution is -2.21. The molecule has 1 aromatic rings. The van der Waals surface area contributed by atoms with Gasteiger partial charge in [-0.25, -0.2) is 0 Å². The molecule has 0 aromatic heterocycles. The first-order valence-corrected chi connectivity index (χ1v) is 9.48. The van der Waals surface area contributed by atoms with E-state index in [-0.39, 0.29) is 0 Å². The minimum atomic E-state index is -4.24. The maximum atomic E-state index is 12.7. The normalized spacial score (nSPS) is 23.5. The van der Waals surface area contributed by atoms with Crippen molar-refractivity contribution in [3.63, 3.8) is 0 Å². The van der Waals surface area contributed by atoms with Crippen molar-refractivity contribution < 1.29 is 13.2 Å². The molecule has 0 amide bonds. The molecule has 24 heavy (non-hydrogen) atoms. The zero-order chi connectivity index (χ0) is 17.7. The van der Waals surface area contributed by atoms with Gasteiger partial charge in [0, 0.05) is 0 Å². The van der Waals surface area contributed by atoms with Gasteiger partial charge in [0.1, 0.15) is 0 Å². The summed E-state index contributed by atoms with van der Waals surface area (Å²) < 4.78 is 38.0. The van der Waals surface area contributed by atoms with Gasteiger partial charge in [-0.05, 0) is 73.5 Å². The molecule has 1 atom stereocenters. The summed E-state index contributed by atoms with van der Waals surface area (Å²) in [7, 11) is 0. The first-order valence-electron chi connectivity index (χ1n) is 9.48. The second-order valence-corrected chi connectivity index (χ2v) is 7.87. The maximum Gasteiger partial charge on any atom is 0.416 e. The van der Waals surface area contributed by atoms with Crippen LogP contribution in [0, 0.1) is 17.8 Å². The fourth-order valence-corrected chi connectivity index (χ4v) is 4.19. The number of benzene rings is 1. The van der Waals surface area contributed by atoms with E-state index in [0.29, 0.717) is 5.92 Å². The molecular weight excluding hydrogens is 309 g/mol. The van der Waals surface area contributed by atoms with Gasteiger partial charge >= 0.3 is 6.18 Å². The summed E-state index contributed by atoms with van der Waals surface area (Å²) in [6.45, 7) is 6.87. The topological polar surface area (TPSA) is 0 Å². The molecule has 1 saturated carbocycles. The van der Waals surface area contributed by atoms with Gasteiger partial charge in [0.2, 0.25) is 0 Å². The average molecular weight is 340 g/mol. The van der Waals surface area contributed by atoms with E-state index in [1.165, 1.54) is 44.2 Å². The van der Waals surface area contributed by atoms with Crippen molar-refractivity contribution in [1.29, 1.82) is 0 Å². The smallest absolute Gasteiger partial charge is 0.166 e. The van der Waals surface area contributed by atoms with E-state index in [4.69, 9.17) is 0 Å². The molecule has 3 heteroatoms. The van der Waals surface area contributed by atoms with Crippen LogP contribution < -0.4 is 0 Å². The maximum absolute atomic E-state index is 12.7. The van der Waals surface area contributed by atoms with Crippen LogP contribution in [0.1, 0.15) is 82.8 Å². The van der Waals surface area contributed by atoms with Crippen LogP contribution in [0.3, 0.4) is 0 Å². The molecule has 1 unspecified atom stereocenters. The Balaban J connectivity index is 1.90. The average Bonchev–Trinajstić information content (AvgIpc) is 2.55. The Kier molecular flexibility index (Phi) is 6.77. The third-order valence-electron chi connectivity index (χ3n) is 5.79. The summed E-state index contributed by atoms with van der Waals surface area (Å²) in [5.74, 6) is 2.83. The molecule has 1 aliphatic carbocycles. The van der Waals surface area contributed by atoms with Crippen molar-refractivity contribution in [3.05, 3.63) is 35.4 Å². The van der Waals surface area contributed by atoms with E-state index in [0.717, 1.165) is 36.2 Å². The van der Waals surface area contributed by atoms with Crippen LogP contribution in [-0.2, 0) is 6.18 Å². The van der Waals surface area contributed by atoms with Gasteiger partial charge in [-0.2, -0.15) is 13.2 Å². The fraction of sp³-hybridized carbons (Fsp3) is 0.714. The SMILES string of the molecule is CCC(CCC(C)C)C1CCC(c2ccc(C(F)(F)F)cc2)CC1. The van der Waals surface area contributed by atoms with Gasteiger partial charge < -0.3 is 0 Å². The minimum absolute atomic E-state index is 0.436. The van der Waals surface area contributed by atoms with Crippen LogP contribution in [0.2, 0.25) is 0 Å². The molecule has 1 fully saturated rings. The lowest BCUT2D eigenvalue weighted by Gasteiger charge is -2.34. The molecule has 0 heterocycles. The fourth-order valence-electron chi connectivity index (χ4n) is 4.19. The van der Waals surface area contributed by atoms with Crippen LogP contribution in [0.5, 0.6) is 0 Å². The van der Waals surface area contributed by atoms with Crippen LogP contribution in [-0.4, -0.2) is 0 Å². The summed E-state index contributed by atoms with van der Waals surface area (Å²) >= 11 is 0. The highest BCUT2D eigenvalue weighted by Crippen LogP contribution is 2.41. The van der Waals surface area contributed by atoms with Gasteiger partial charge in [0.15, 0.2) is 0 Å². The molecule has 136 valence electrons. The Morgan fingerprint density at radius 2 is 1.54 bits per heavy atom. The quantitative estimate of drug-likeness (QED) is 0.504. The van der Waals surface area contributed by atoms with E-state index in [1.54, 1.807) is 12.1 Å². The Morgan fingerprint density at radius 3 is 2.00 bits per heavy atom. The highest BCUT2D eigenvalue weighted by atomic mass is 19.4. The zero-order valence-electron chi connectivity index (χ0n) is 15.2. The van der Waals surface area contributed by atoms with Crippen molar-refractivity contribution in [1.82, 2.24) is 0 Å². The van der Waals surface area contributed by atoms with E-state index in [1.807, 2.05) is 0 Å². The third-order valence-corrected chi connectivity index (χ3v) is 5.79. The van der Waals surface area contributed by atoms with E-state index in [2.05, 4.69) is 20.8 Å². The van der Waals surface area contributed by atoms with Gasteiger partial charge in [-0.1, -0.05) is 45.7 Å². The van der Waals surface area contributed by atoms with Crippen LogP contribution in [0.4, 0.5) is 13.2 Å². The molecule has 0 saturated heterocycles. The molecular formula is C21H31F3. The molecule has 1 aromatic carbocycles. The third kappa shape index (κ3) is 5.26. The Bertz CT molecular complexity index is 479. The predicted molar refractivity (Wildman–Crippen MR) is 94.0 cm³/mol. The molecule has 0 aliphatic heterocycles. The molecule has 2 rings (SSSR count). The van der Waals surface area contributed by atoms with Gasteiger partial charge in [-0.15, -0.1) is 0 Å². The molecule has 0 nitrogen and oxygen atoms in total. The molecule has 1 aliphatic rings. The van der Waals surface area contributed by atoms with E-state index in [9.17, 15) is 13.2 Å². The molecule has 0 bridgehead atoms. The van der Waals surface area contributed by atoms with Crippen LogP contribution in [0.25, 0.3) is 0 Å². The largest absolute Gasteiger partial charge is 0.416 e. The molecule has 0 N–H and O–H groups in total. The summed E-state index contributed by atoms with van der Waals surface area (Å²) in [4.78, 5) is 0. The summed E-state index contributed by atoms with van der Waals surface area (Å²) in [6, 6.07) is 5.84.